The highest BCUT2D eigenvalue weighted by Crippen LogP contribution is 2.46. The van der Waals surface area contributed by atoms with Crippen LogP contribution in [0.1, 0.15) is 51.6 Å². The van der Waals surface area contributed by atoms with Gasteiger partial charge in [0.1, 0.15) is 15.5 Å². The van der Waals surface area contributed by atoms with Crippen LogP contribution >= 0.6 is 34.5 Å². The number of fused-ring (bicyclic) bond motifs is 2. The highest BCUT2D eigenvalue weighted by atomic mass is 35.5. The smallest absolute Gasteiger partial charge is 0.205 e. The summed E-state index contributed by atoms with van der Waals surface area (Å²) in [5.74, 6) is 0.461. The quantitative estimate of drug-likeness (QED) is 0.284. The zero-order valence-corrected chi connectivity index (χ0v) is 21.7. The Morgan fingerprint density at radius 1 is 1.06 bits per heavy atom. The highest BCUT2D eigenvalue weighted by molar-refractivity contribution is 7.21. The van der Waals surface area contributed by atoms with Crippen LogP contribution in [0, 0.1) is 5.41 Å². The number of nitrogens with two attached hydrogens (primary N) is 1. The van der Waals surface area contributed by atoms with Gasteiger partial charge in [-0.15, -0.1) is 11.3 Å². The number of benzene rings is 2. The number of nitrogens with zero attached hydrogens (tertiary/aromatic N) is 1. The fourth-order valence-electron chi connectivity index (χ4n) is 4.65. The molecule has 0 spiro atoms. The van der Waals surface area contributed by atoms with E-state index in [-0.39, 0.29) is 22.0 Å². The van der Waals surface area contributed by atoms with Gasteiger partial charge in [-0.25, -0.2) is 4.98 Å². The van der Waals surface area contributed by atoms with Gasteiger partial charge in [0.05, 0.1) is 28.5 Å². The second-order valence-corrected chi connectivity index (χ2v) is 11.3. The lowest BCUT2D eigenvalue weighted by molar-refractivity contribution is 0.0911. The number of carbonyl (C=O) groups is 2. The van der Waals surface area contributed by atoms with Crippen molar-refractivity contribution in [1.29, 1.82) is 0 Å². The van der Waals surface area contributed by atoms with Gasteiger partial charge >= 0.3 is 0 Å². The van der Waals surface area contributed by atoms with Crippen molar-refractivity contribution < 1.29 is 14.3 Å². The number of halogens is 2. The summed E-state index contributed by atoms with van der Waals surface area (Å²) in [5.41, 5.74) is 9.96. The molecule has 1 aliphatic rings. The molecule has 8 heteroatoms. The number of hydrogen-bond donors (Lipinski definition) is 1. The van der Waals surface area contributed by atoms with Crippen LogP contribution in [0.3, 0.4) is 0 Å². The van der Waals surface area contributed by atoms with Gasteiger partial charge in [-0.1, -0.05) is 49.2 Å². The molecule has 5 rings (SSSR count). The van der Waals surface area contributed by atoms with E-state index in [1.807, 2.05) is 24.3 Å². The van der Waals surface area contributed by atoms with E-state index in [0.717, 1.165) is 16.8 Å². The van der Waals surface area contributed by atoms with Crippen LogP contribution in [0.15, 0.2) is 42.5 Å². The number of ether oxygens (including phenoxy) is 1. The van der Waals surface area contributed by atoms with Crippen LogP contribution in [0.5, 0.6) is 5.75 Å². The Bertz CT molecular complexity index is 1520. The van der Waals surface area contributed by atoms with Crippen LogP contribution in [0.25, 0.3) is 21.3 Å². The first kappa shape index (κ1) is 23.8. The lowest BCUT2D eigenvalue weighted by Gasteiger charge is -2.31. The first-order valence-electron chi connectivity index (χ1n) is 11.0. The Morgan fingerprint density at radius 2 is 1.77 bits per heavy atom. The Labute approximate surface area is 216 Å². The van der Waals surface area contributed by atoms with Crippen molar-refractivity contribution in [1.82, 2.24) is 4.98 Å². The molecule has 0 atom stereocenters. The molecule has 5 nitrogen and oxygen atoms in total. The number of rotatable bonds is 4. The first-order valence-corrected chi connectivity index (χ1v) is 12.6. The minimum atomic E-state index is -0.269. The van der Waals surface area contributed by atoms with Crippen molar-refractivity contribution >= 4 is 62.0 Å². The number of pyridine rings is 1. The molecule has 0 saturated heterocycles. The van der Waals surface area contributed by atoms with Gasteiger partial charge in [-0.3, -0.25) is 9.59 Å². The molecule has 178 valence electrons. The molecule has 2 aromatic carbocycles. The van der Waals surface area contributed by atoms with E-state index >= 15 is 0 Å². The van der Waals surface area contributed by atoms with Crippen LogP contribution in [-0.2, 0) is 6.42 Å². The normalized spacial score (nSPS) is 14.7. The molecule has 2 heterocycles. The summed E-state index contributed by atoms with van der Waals surface area (Å²) in [6.45, 7) is 4.13. The molecule has 4 aromatic rings. The average molecular weight is 525 g/mol. The molecule has 0 radical (unpaired) electrons. The number of aromatic nitrogens is 1. The van der Waals surface area contributed by atoms with Crippen molar-refractivity contribution in [2.75, 3.05) is 12.8 Å². The van der Waals surface area contributed by atoms with Gasteiger partial charge in [0.25, 0.3) is 0 Å². The number of Topliss-reactive ketones (excluding diaryl/α,β-unsaturated/α-hetero) is 1. The SMILES string of the molecule is COc1ccc(-c2c3c(nc4sc(C(=O)c5ccc(Cl)c(Cl)c5)c(N)c24)CC(C)(C)CC3=O)cc1. The number of anilines is 1. The maximum Gasteiger partial charge on any atom is 0.205 e. The topological polar surface area (TPSA) is 82.3 Å². The monoisotopic (exact) mass is 524 g/mol. The molecule has 0 unspecified atom stereocenters. The molecule has 0 bridgehead atoms. The number of carbonyl (C=O) groups excluding carboxylic acids is 2. The average Bonchev–Trinajstić information content (AvgIpc) is 3.14. The highest BCUT2D eigenvalue weighted by Gasteiger charge is 2.36. The van der Waals surface area contributed by atoms with Crippen molar-refractivity contribution in [3.8, 4) is 16.9 Å². The summed E-state index contributed by atoms with van der Waals surface area (Å²) in [6, 6.07) is 12.2. The van der Waals surface area contributed by atoms with E-state index < -0.39 is 0 Å². The van der Waals surface area contributed by atoms with Gasteiger partial charge in [0.15, 0.2) is 5.78 Å². The van der Waals surface area contributed by atoms with Gasteiger partial charge in [-0.05, 0) is 47.7 Å². The zero-order chi connectivity index (χ0) is 25.1. The van der Waals surface area contributed by atoms with Crippen molar-refractivity contribution in [2.45, 2.75) is 26.7 Å². The molecular formula is C27H22Cl2N2O3S. The lowest BCUT2D eigenvalue weighted by atomic mass is 9.73. The summed E-state index contributed by atoms with van der Waals surface area (Å²) in [6.07, 6.45) is 1.07. The van der Waals surface area contributed by atoms with Crippen LogP contribution in [-0.4, -0.2) is 23.7 Å². The fourth-order valence-corrected chi connectivity index (χ4v) is 6.03. The lowest BCUT2D eigenvalue weighted by Crippen LogP contribution is -2.28. The Hall–Kier alpha value is -2.93. The number of methoxy groups -OCH3 is 1. The van der Waals surface area contributed by atoms with E-state index in [1.54, 1.807) is 19.2 Å². The summed E-state index contributed by atoms with van der Waals surface area (Å²) in [5, 5.41) is 1.28. The minimum Gasteiger partial charge on any atom is -0.497 e. The molecule has 0 aliphatic heterocycles. The third-order valence-corrected chi connectivity index (χ3v) is 8.12. The van der Waals surface area contributed by atoms with Crippen molar-refractivity contribution in [3.63, 3.8) is 0 Å². The molecular weight excluding hydrogens is 503 g/mol. The standard InChI is InChI=1S/C27H22Cl2N2O3S/c1-27(2)11-18-21(19(32)12-27)20(13-4-7-15(34-3)8-5-13)22-23(30)25(35-26(22)31-18)24(33)14-6-9-16(28)17(29)10-14/h4-10H,11-12,30H2,1-3H3. The van der Waals surface area contributed by atoms with E-state index in [4.69, 9.17) is 38.7 Å². The van der Waals surface area contributed by atoms with Gasteiger partial charge in [0.2, 0.25) is 5.78 Å². The van der Waals surface area contributed by atoms with Gasteiger partial charge < -0.3 is 10.5 Å². The Morgan fingerprint density at radius 3 is 2.43 bits per heavy atom. The summed E-state index contributed by atoms with van der Waals surface area (Å²) < 4.78 is 5.31. The van der Waals surface area contributed by atoms with E-state index in [1.165, 1.54) is 17.4 Å². The number of ketones is 2. The van der Waals surface area contributed by atoms with E-state index in [0.29, 0.717) is 55.5 Å². The van der Waals surface area contributed by atoms with E-state index in [2.05, 4.69) is 13.8 Å². The van der Waals surface area contributed by atoms with Gasteiger partial charge in [0, 0.05) is 28.5 Å². The Balaban J connectivity index is 1.79. The van der Waals surface area contributed by atoms with Gasteiger partial charge in [-0.2, -0.15) is 0 Å². The number of thiophene rings is 1. The molecule has 35 heavy (non-hydrogen) atoms. The van der Waals surface area contributed by atoms with E-state index in [9.17, 15) is 9.59 Å². The summed E-state index contributed by atoms with van der Waals surface area (Å²) >= 11 is 13.4. The molecule has 0 saturated carbocycles. The summed E-state index contributed by atoms with van der Waals surface area (Å²) in [4.78, 5) is 32.7. The van der Waals surface area contributed by atoms with Crippen LogP contribution in [0.4, 0.5) is 5.69 Å². The number of nitrogen functional groups attached to an aromatic ring is 1. The predicted octanol–water partition coefficient (Wildman–Crippen LogP) is 7.25. The first-order chi connectivity index (χ1) is 16.6. The maximum absolute atomic E-state index is 13.4. The number of hydrogen-bond acceptors (Lipinski definition) is 6. The third kappa shape index (κ3) is 4.10. The third-order valence-electron chi connectivity index (χ3n) is 6.28. The minimum absolute atomic E-state index is 0.0272. The fraction of sp³-hybridized carbons (Fsp3) is 0.222. The molecule has 0 amide bonds. The molecule has 2 aromatic heterocycles. The largest absolute Gasteiger partial charge is 0.497 e. The predicted molar refractivity (Wildman–Crippen MR) is 142 cm³/mol. The van der Waals surface area contributed by atoms with Crippen molar-refractivity contribution in [3.05, 3.63) is 74.2 Å². The van der Waals surface area contributed by atoms with Crippen LogP contribution < -0.4 is 10.5 Å². The molecule has 2 N–H and O–H groups in total. The molecule has 0 fully saturated rings. The Kier molecular flexibility index (Phi) is 5.86. The molecule has 1 aliphatic carbocycles. The van der Waals surface area contributed by atoms with Crippen LogP contribution in [0.2, 0.25) is 10.0 Å². The second kappa shape index (κ2) is 8.63. The summed E-state index contributed by atoms with van der Waals surface area (Å²) in [7, 11) is 1.60. The van der Waals surface area contributed by atoms with Crippen molar-refractivity contribution in [2.24, 2.45) is 5.41 Å². The maximum atomic E-state index is 13.4. The second-order valence-electron chi connectivity index (χ2n) is 9.46. The zero-order valence-electron chi connectivity index (χ0n) is 19.4.